The van der Waals surface area contributed by atoms with Crippen molar-refractivity contribution >= 4 is 50.5 Å². The molecule has 13 heteroatoms. The van der Waals surface area contributed by atoms with Crippen molar-refractivity contribution in [2.24, 2.45) is 0 Å². The normalized spacial score (nSPS) is 11.8. The van der Waals surface area contributed by atoms with Crippen LogP contribution in [0.25, 0.3) is 11.2 Å². The smallest absolute Gasteiger partial charge is 0.412 e. The van der Waals surface area contributed by atoms with Gasteiger partial charge in [0.25, 0.3) is 15.9 Å². The Balaban J connectivity index is 1.57. The number of aromatic nitrogens is 4. The number of nitrogens with one attached hydrogen (secondary N) is 2. The molecule has 204 valence electrons. The molecule has 1 aromatic carbocycles. The summed E-state index contributed by atoms with van der Waals surface area (Å²) in [6, 6.07) is 10.8. The number of hydrogen-bond acceptors (Lipinski definition) is 8. The number of imidazole rings is 1. The van der Waals surface area contributed by atoms with E-state index in [9.17, 15) is 18.0 Å². The molecule has 4 rings (SSSR count). The Morgan fingerprint density at radius 3 is 2.49 bits per heavy atom. The summed E-state index contributed by atoms with van der Waals surface area (Å²) in [4.78, 5) is 38.1. The summed E-state index contributed by atoms with van der Waals surface area (Å²) in [7, 11) is -4.09. The topological polar surface area (TPSA) is 145 Å². The van der Waals surface area contributed by atoms with Gasteiger partial charge in [0.15, 0.2) is 5.65 Å². The number of pyridine rings is 2. The van der Waals surface area contributed by atoms with Gasteiger partial charge in [0.1, 0.15) is 22.6 Å². The van der Waals surface area contributed by atoms with Gasteiger partial charge in [-0.3, -0.25) is 15.1 Å². The number of ether oxygens (including phenoxy) is 1. The highest BCUT2D eigenvalue weighted by atomic mass is 35.5. The van der Waals surface area contributed by atoms with E-state index in [1.165, 1.54) is 24.4 Å². The third-order valence-corrected chi connectivity index (χ3v) is 7.07. The van der Waals surface area contributed by atoms with E-state index in [1.54, 1.807) is 63.5 Å². The predicted octanol–water partition coefficient (Wildman–Crippen LogP) is 4.61. The third kappa shape index (κ3) is 6.70. The Morgan fingerprint density at radius 2 is 1.82 bits per heavy atom. The first-order chi connectivity index (χ1) is 18.2. The molecule has 0 aliphatic rings. The van der Waals surface area contributed by atoms with E-state index in [4.69, 9.17) is 16.3 Å². The number of carbonyl (C=O) groups excluding carboxylic acids is 2. The van der Waals surface area contributed by atoms with Crippen LogP contribution in [0, 0.1) is 13.8 Å². The van der Waals surface area contributed by atoms with E-state index >= 15 is 0 Å². The number of carbonyl (C=O) groups is 2. The summed E-state index contributed by atoms with van der Waals surface area (Å²) in [5.74, 6) is -0.297. The number of nitrogens with zero attached hydrogens (tertiary/aromatic N) is 4. The molecule has 0 radical (unpaired) electrons. The number of fused-ring (bicyclic) bond motifs is 1. The first-order valence-electron chi connectivity index (χ1n) is 11.8. The van der Waals surface area contributed by atoms with Crippen LogP contribution in [-0.4, -0.2) is 45.5 Å². The minimum atomic E-state index is -4.09. The Kier molecular flexibility index (Phi) is 7.62. The fourth-order valence-electron chi connectivity index (χ4n) is 3.67. The molecule has 0 saturated heterocycles. The van der Waals surface area contributed by atoms with E-state index in [2.05, 4.69) is 25.0 Å². The van der Waals surface area contributed by atoms with Gasteiger partial charge >= 0.3 is 6.09 Å². The summed E-state index contributed by atoms with van der Waals surface area (Å²) in [5, 5.41) is 2.87. The van der Waals surface area contributed by atoms with Gasteiger partial charge in [-0.2, -0.15) is 0 Å². The zero-order valence-electron chi connectivity index (χ0n) is 21.9. The molecule has 3 aromatic heterocycles. The molecule has 39 heavy (non-hydrogen) atoms. The molecule has 0 unspecified atom stereocenters. The second-order valence-corrected chi connectivity index (χ2v) is 11.9. The lowest BCUT2D eigenvalue weighted by atomic mass is 10.2. The standard InChI is InChI=1S/C26H27ClN6O5S/c1-15-7-6-8-18(11-15)39(36,37)32-24(34)21-10-9-20-23(31-21)33(16(2)29-20)14-22-19(27)12-17(13-28-22)30-25(35)38-26(3,4)5/h6-13H,14H2,1-5H3,(H,30,35)(H,32,34). The first-order valence-corrected chi connectivity index (χ1v) is 13.7. The highest BCUT2D eigenvalue weighted by Gasteiger charge is 2.22. The molecule has 0 saturated carbocycles. The summed E-state index contributed by atoms with van der Waals surface area (Å²) in [5.41, 5.74) is 1.66. The van der Waals surface area contributed by atoms with E-state index in [-0.39, 0.29) is 22.2 Å². The molecule has 0 aliphatic heterocycles. The van der Waals surface area contributed by atoms with Crippen molar-refractivity contribution < 1.29 is 22.7 Å². The number of hydrogen-bond donors (Lipinski definition) is 2. The van der Waals surface area contributed by atoms with Crippen molar-refractivity contribution in [1.29, 1.82) is 0 Å². The molecule has 11 nitrogen and oxygen atoms in total. The highest BCUT2D eigenvalue weighted by molar-refractivity contribution is 7.90. The molecule has 2 N–H and O–H groups in total. The first kappa shape index (κ1) is 28.0. The zero-order valence-corrected chi connectivity index (χ0v) is 23.5. The number of aryl methyl sites for hydroxylation is 2. The van der Waals surface area contributed by atoms with E-state index < -0.39 is 27.6 Å². The van der Waals surface area contributed by atoms with Gasteiger partial charge in [0.2, 0.25) is 0 Å². The van der Waals surface area contributed by atoms with E-state index in [1.807, 2.05) is 0 Å². The second kappa shape index (κ2) is 10.6. The maximum absolute atomic E-state index is 12.8. The molecule has 3 heterocycles. The van der Waals surface area contributed by atoms with Crippen LogP contribution in [0.4, 0.5) is 10.5 Å². The number of anilines is 1. The van der Waals surface area contributed by atoms with Crippen molar-refractivity contribution in [1.82, 2.24) is 24.2 Å². The maximum Gasteiger partial charge on any atom is 0.412 e. The van der Waals surface area contributed by atoms with Gasteiger partial charge in [-0.1, -0.05) is 23.7 Å². The third-order valence-electron chi connectivity index (χ3n) is 5.41. The summed E-state index contributed by atoms with van der Waals surface area (Å²) < 4.78 is 34.4. The minimum absolute atomic E-state index is 0.0249. The molecule has 2 amide bonds. The monoisotopic (exact) mass is 570 g/mol. The fourth-order valence-corrected chi connectivity index (χ4v) is 4.96. The molecular weight excluding hydrogens is 544 g/mol. The lowest BCUT2D eigenvalue weighted by Crippen LogP contribution is -2.31. The van der Waals surface area contributed by atoms with Gasteiger partial charge in [0, 0.05) is 0 Å². The number of amides is 2. The van der Waals surface area contributed by atoms with Crippen LogP contribution in [0.1, 0.15) is 48.3 Å². The van der Waals surface area contributed by atoms with Crippen molar-refractivity contribution in [2.75, 3.05) is 5.32 Å². The largest absolute Gasteiger partial charge is 0.444 e. The van der Waals surface area contributed by atoms with Crippen LogP contribution in [0.3, 0.4) is 0 Å². The minimum Gasteiger partial charge on any atom is -0.444 e. The highest BCUT2D eigenvalue weighted by Crippen LogP contribution is 2.23. The summed E-state index contributed by atoms with van der Waals surface area (Å²) >= 11 is 6.45. The number of benzene rings is 1. The van der Waals surface area contributed by atoms with Crippen molar-refractivity contribution in [3.63, 3.8) is 0 Å². The number of sulfonamides is 1. The van der Waals surface area contributed by atoms with Crippen LogP contribution in [0.2, 0.25) is 5.02 Å². The van der Waals surface area contributed by atoms with Crippen molar-refractivity contribution in [3.05, 3.63) is 76.5 Å². The summed E-state index contributed by atoms with van der Waals surface area (Å²) in [6.45, 7) is 8.94. The van der Waals surface area contributed by atoms with Gasteiger partial charge in [-0.25, -0.2) is 27.9 Å². The van der Waals surface area contributed by atoms with Gasteiger partial charge < -0.3 is 9.30 Å². The van der Waals surface area contributed by atoms with Crippen LogP contribution < -0.4 is 10.0 Å². The average Bonchev–Trinajstić information content (AvgIpc) is 3.13. The fraction of sp³-hybridized carbons (Fsp3) is 0.269. The number of halogens is 1. The SMILES string of the molecule is Cc1cccc(S(=O)(=O)NC(=O)c2ccc3nc(C)n(Cc4ncc(NC(=O)OC(C)(C)C)cc4Cl)c3n2)c1. The van der Waals surface area contributed by atoms with Crippen LogP contribution >= 0.6 is 11.6 Å². The number of rotatable bonds is 6. The van der Waals surface area contributed by atoms with Gasteiger partial charge in [-0.05, 0) is 70.5 Å². The van der Waals surface area contributed by atoms with E-state index in [0.717, 1.165) is 5.56 Å². The lowest BCUT2D eigenvalue weighted by Gasteiger charge is -2.19. The Bertz CT molecular complexity index is 1690. The average molecular weight is 571 g/mol. The Hall–Kier alpha value is -4.03. The van der Waals surface area contributed by atoms with Gasteiger partial charge in [0.05, 0.1) is 34.0 Å². The predicted molar refractivity (Wildman–Crippen MR) is 146 cm³/mol. The molecular formula is C26H27ClN6O5S. The lowest BCUT2D eigenvalue weighted by molar-refractivity contribution is 0.0635. The van der Waals surface area contributed by atoms with Gasteiger partial charge in [-0.15, -0.1) is 0 Å². The zero-order chi connectivity index (χ0) is 28.5. The molecule has 0 bridgehead atoms. The molecule has 0 spiro atoms. The Morgan fingerprint density at radius 1 is 1.08 bits per heavy atom. The summed E-state index contributed by atoms with van der Waals surface area (Å²) in [6.07, 6.45) is 0.811. The molecule has 0 fully saturated rings. The Labute approximate surface area is 230 Å². The van der Waals surface area contributed by atoms with E-state index in [0.29, 0.717) is 28.4 Å². The second-order valence-electron chi connectivity index (χ2n) is 9.81. The quantitative estimate of drug-likeness (QED) is 0.342. The van der Waals surface area contributed by atoms with Crippen LogP contribution in [0.5, 0.6) is 0 Å². The van der Waals surface area contributed by atoms with Crippen LogP contribution in [0.15, 0.2) is 53.6 Å². The molecule has 0 atom stereocenters. The molecule has 0 aliphatic carbocycles. The van der Waals surface area contributed by atoms with Crippen molar-refractivity contribution in [3.8, 4) is 0 Å². The molecule has 4 aromatic rings. The van der Waals surface area contributed by atoms with Crippen molar-refractivity contribution in [2.45, 2.75) is 51.7 Å². The maximum atomic E-state index is 12.8. The van der Waals surface area contributed by atoms with Crippen LogP contribution in [-0.2, 0) is 21.3 Å².